The van der Waals surface area contributed by atoms with E-state index in [-0.39, 0.29) is 6.03 Å². The largest absolute Gasteiger partial charge is 0.328 e. The average molecular weight is 206 g/mol. The van der Waals surface area contributed by atoms with Crippen LogP contribution in [0.3, 0.4) is 0 Å². The van der Waals surface area contributed by atoms with Gasteiger partial charge in [-0.05, 0) is 25.5 Å². The van der Waals surface area contributed by atoms with Crippen molar-refractivity contribution in [3.63, 3.8) is 0 Å². The van der Waals surface area contributed by atoms with E-state index < -0.39 is 0 Å². The summed E-state index contributed by atoms with van der Waals surface area (Å²) in [7, 11) is 1.80. The van der Waals surface area contributed by atoms with Crippen LogP contribution in [0.1, 0.15) is 18.9 Å². The smallest absolute Gasteiger partial charge is 0.321 e. The Morgan fingerprint density at radius 3 is 2.47 bits per heavy atom. The van der Waals surface area contributed by atoms with Crippen molar-refractivity contribution in [2.75, 3.05) is 18.9 Å². The normalized spacial score (nSPS) is 9.80. The fourth-order valence-corrected chi connectivity index (χ4v) is 1.29. The minimum Gasteiger partial charge on any atom is -0.328 e. The molecule has 0 unspecified atom stereocenters. The van der Waals surface area contributed by atoms with Crippen LogP contribution in [0.15, 0.2) is 24.3 Å². The maximum Gasteiger partial charge on any atom is 0.321 e. The Kier molecular flexibility index (Phi) is 4.16. The van der Waals surface area contributed by atoms with Gasteiger partial charge in [-0.1, -0.05) is 24.6 Å². The molecule has 3 nitrogen and oxygen atoms in total. The highest BCUT2D eigenvalue weighted by Crippen LogP contribution is 2.09. The van der Waals surface area contributed by atoms with Crippen LogP contribution in [-0.4, -0.2) is 24.5 Å². The van der Waals surface area contributed by atoms with Crippen molar-refractivity contribution in [2.45, 2.75) is 20.3 Å². The summed E-state index contributed by atoms with van der Waals surface area (Å²) < 4.78 is 0. The number of aryl methyl sites for hydroxylation is 1. The highest BCUT2D eigenvalue weighted by Gasteiger charge is 2.06. The second-order valence-electron chi connectivity index (χ2n) is 3.72. The molecule has 0 aromatic heterocycles. The Hall–Kier alpha value is -1.51. The van der Waals surface area contributed by atoms with Gasteiger partial charge in [0.05, 0.1) is 0 Å². The Balaban J connectivity index is 2.54. The number of anilines is 1. The SMILES string of the molecule is CCCN(C)C(=O)Nc1ccc(C)cc1. The lowest BCUT2D eigenvalue weighted by Crippen LogP contribution is -2.31. The van der Waals surface area contributed by atoms with Crippen LogP contribution in [0.2, 0.25) is 0 Å². The molecule has 0 atom stereocenters. The Bertz CT molecular complexity index is 319. The molecule has 0 aliphatic carbocycles. The quantitative estimate of drug-likeness (QED) is 0.810. The highest BCUT2D eigenvalue weighted by molar-refractivity contribution is 5.89. The van der Waals surface area contributed by atoms with E-state index in [0.717, 1.165) is 18.7 Å². The van der Waals surface area contributed by atoms with Crippen molar-refractivity contribution in [3.8, 4) is 0 Å². The molecular formula is C12H18N2O. The van der Waals surface area contributed by atoms with E-state index in [9.17, 15) is 4.79 Å². The molecule has 0 radical (unpaired) electrons. The summed E-state index contributed by atoms with van der Waals surface area (Å²) in [5.74, 6) is 0. The number of carbonyl (C=O) groups excluding carboxylic acids is 1. The first-order chi connectivity index (χ1) is 7.13. The predicted octanol–water partition coefficient (Wildman–Crippen LogP) is 2.87. The molecule has 1 aromatic carbocycles. The summed E-state index contributed by atoms with van der Waals surface area (Å²) in [6, 6.07) is 7.73. The minimum atomic E-state index is -0.0549. The molecule has 2 amide bonds. The van der Waals surface area contributed by atoms with Gasteiger partial charge in [0.25, 0.3) is 0 Å². The van der Waals surface area contributed by atoms with Crippen molar-refractivity contribution in [1.29, 1.82) is 0 Å². The van der Waals surface area contributed by atoms with E-state index in [0.29, 0.717) is 0 Å². The standard InChI is InChI=1S/C12H18N2O/c1-4-9-14(3)12(15)13-11-7-5-10(2)6-8-11/h5-8H,4,9H2,1-3H3,(H,13,15). The van der Waals surface area contributed by atoms with Crippen molar-refractivity contribution in [3.05, 3.63) is 29.8 Å². The van der Waals surface area contributed by atoms with Gasteiger partial charge in [0.1, 0.15) is 0 Å². The molecule has 0 spiro atoms. The lowest BCUT2D eigenvalue weighted by Gasteiger charge is -2.16. The predicted molar refractivity (Wildman–Crippen MR) is 63.1 cm³/mol. The Morgan fingerprint density at radius 2 is 1.93 bits per heavy atom. The first kappa shape index (κ1) is 11.6. The molecule has 15 heavy (non-hydrogen) atoms. The molecule has 1 N–H and O–H groups in total. The van der Waals surface area contributed by atoms with Crippen LogP contribution in [0.25, 0.3) is 0 Å². The van der Waals surface area contributed by atoms with Gasteiger partial charge in [-0.25, -0.2) is 4.79 Å². The molecule has 0 fully saturated rings. The lowest BCUT2D eigenvalue weighted by molar-refractivity contribution is 0.222. The van der Waals surface area contributed by atoms with Crippen molar-refractivity contribution in [1.82, 2.24) is 4.90 Å². The van der Waals surface area contributed by atoms with Gasteiger partial charge in [-0.15, -0.1) is 0 Å². The number of nitrogens with zero attached hydrogens (tertiary/aromatic N) is 1. The van der Waals surface area contributed by atoms with Gasteiger partial charge in [0.15, 0.2) is 0 Å². The van der Waals surface area contributed by atoms with Crippen LogP contribution in [-0.2, 0) is 0 Å². The number of hydrogen-bond donors (Lipinski definition) is 1. The zero-order valence-electron chi connectivity index (χ0n) is 9.58. The van der Waals surface area contributed by atoms with Crippen LogP contribution < -0.4 is 5.32 Å². The number of nitrogens with one attached hydrogen (secondary N) is 1. The molecule has 0 aliphatic heterocycles. The molecule has 0 saturated carbocycles. The Labute approximate surface area is 91.1 Å². The summed E-state index contributed by atoms with van der Waals surface area (Å²) in [5, 5.41) is 2.84. The number of benzene rings is 1. The number of amides is 2. The van der Waals surface area contributed by atoms with Crippen LogP contribution in [0.5, 0.6) is 0 Å². The summed E-state index contributed by atoms with van der Waals surface area (Å²) in [5.41, 5.74) is 2.03. The van der Waals surface area contributed by atoms with Gasteiger partial charge < -0.3 is 10.2 Å². The summed E-state index contributed by atoms with van der Waals surface area (Å²) in [4.78, 5) is 13.3. The molecule has 3 heteroatoms. The number of urea groups is 1. The van der Waals surface area contributed by atoms with Gasteiger partial charge in [-0.3, -0.25) is 0 Å². The zero-order chi connectivity index (χ0) is 11.3. The highest BCUT2D eigenvalue weighted by atomic mass is 16.2. The molecule has 0 bridgehead atoms. The summed E-state index contributed by atoms with van der Waals surface area (Å²) in [6.07, 6.45) is 0.970. The van der Waals surface area contributed by atoms with E-state index in [1.807, 2.05) is 31.2 Å². The second kappa shape index (κ2) is 5.39. The average Bonchev–Trinajstić information content (AvgIpc) is 2.22. The molecule has 1 aromatic rings. The number of carbonyl (C=O) groups is 1. The first-order valence-corrected chi connectivity index (χ1v) is 5.22. The van der Waals surface area contributed by atoms with E-state index in [2.05, 4.69) is 12.2 Å². The van der Waals surface area contributed by atoms with Gasteiger partial charge >= 0.3 is 6.03 Å². The van der Waals surface area contributed by atoms with Crippen molar-refractivity contribution >= 4 is 11.7 Å². The second-order valence-corrected chi connectivity index (χ2v) is 3.72. The maximum atomic E-state index is 11.6. The lowest BCUT2D eigenvalue weighted by atomic mass is 10.2. The fraction of sp³-hybridized carbons (Fsp3) is 0.417. The van der Waals surface area contributed by atoms with Gasteiger partial charge in [0, 0.05) is 19.3 Å². The van der Waals surface area contributed by atoms with Crippen LogP contribution >= 0.6 is 0 Å². The molecule has 0 aliphatic rings. The van der Waals surface area contributed by atoms with E-state index in [4.69, 9.17) is 0 Å². The molecular weight excluding hydrogens is 188 g/mol. The van der Waals surface area contributed by atoms with Crippen molar-refractivity contribution < 1.29 is 4.79 Å². The Morgan fingerprint density at radius 1 is 1.33 bits per heavy atom. The number of hydrogen-bond acceptors (Lipinski definition) is 1. The first-order valence-electron chi connectivity index (χ1n) is 5.22. The molecule has 0 heterocycles. The zero-order valence-corrected chi connectivity index (χ0v) is 9.58. The minimum absolute atomic E-state index is 0.0549. The van der Waals surface area contributed by atoms with Crippen molar-refractivity contribution in [2.24, 2.45) is 0 Å². The number of rotatable bonds is 3. The third-order valence-corrected chi connectivity index (χ3v) is 2.21. The van der Waals surface area contributed by atoms with Crippen LogP contribution in [0.4, 0.5) is 10.5 Å². The topological polar surface area (TPSA) is 32.3 Å². The molecule has 1 rings (SSSR count). The van der Waals surface area contributed by atoms with E-state index >= 15 is 0 Å². The van der Waals surface area contributed by atoms with E-state index in [1.54, 1.807) is 11.9 Å². The summed E-state index contributed by atoms with van der Waals surface area (Å²) in [6.45, 7) is 4.85. The van der Waals surface area contributed by atoms with Gasteiger partial charge in [-0.2, -0.15) is 0 Å². The van der Waals surface area contributed by atoms with E-state index in [1.165, 1.54) is 5.56 Å². The third-order valence-electron chi connectivity index (χ3n) is 2.21. The fourth-order valence-electron chi connectivity index (χ4n) is 1.29. The molecule has 0 saturated heterocycles. The maximum absolute atomic E-state index is 11.6. The summed E-state index contributed by atoms with van der Waals surface area (Å²) >= 11 is 0. The van der Waals surface area contributed by atoms with Crippen LogP contribution in [0, 0.1) is 6.92 Å². The van der Waals surface area contributed by atoms with Gasteiger partial charge in [0.2, 0.25) is 0 Å². The monoisotopic (exact) mass is 206 g/mol. The third kappa shape index (κ3) is 3.62. The molecule has 82 valence electrons.